The number of carbonyl (C=O) groups excluding carboxylic acids is 2. The van der Waals surface area contributed by atoms with Gasteiger partial charge in [-0.3, -0.25) is 19.7 Å². The summed E-state index contributed by atoms with van der Waals surface area (Å²) in [5.41, 5.74) is 3.72. The number of ether oxygens (including phenoxy) is 1. The number of nitro groups is 1. The summed E-state index contributed by atoms with van der Waals surface area (Å²) in [5, 5.41) is 18.1. The van der Waals surface area contributed by atoms with Crippen LogP contribution >= 0.6 is 23.2 Å². The summed E-state index contributed by atoms with van der Waals surface area (Å²) in [5.74, 6) is -0.806. The Kier molecular flexibility index (Phi) is 9.38. The van der Waals surface area contributed by atoms with Crippen LogP contribution in [0.2, 0.25) is 10.0 Å². The molecule has 2 N–H and O–H groups in total. The molecule has 3 rings (SSSR count). The molecule has 0 spiro atoms. The predicted octanol–water partition coefficient (Wildman–Crippen LogP) is 4.55. The third kappa shape index (κ3) is 7.79. The summed E-state index contributed by atoms with van der Waals surface area (Å²) in [6.07, 6.45) is 0.593. The van der Waals surface area contributed by atoms with Crippen LogP contribution in [0.3, 0.4) is 0 Å². The van der Waals surface area contributed by atoms with Gasteiger partial charge in [-0.15, -0.1) is 0 Å². The highest BCUT2D eigenvalue weighted by molar-refractivity contribution is 6.35. The molecule has 0 aromatic heterocycles. The minimum Gasteiger partial charge on any atom is -0.479 e. The normalized spacial score (nSPS) is 12.5. The molecule has 0 saturated carbocycles. The Balaban J connectivity index is 1.67. The second-order valence-electron chi connectivity index (χ2n) is 7.67. The first-order valence-corrected chi connectivity index (χ1v) is 11.5. The molecule has 0 bridgehead atoms. The van der Waals surface area contributed by atoms with Gasteiger partial charge in [0.2, 0.25) is 0 Å². The van der Waals surface area contributed by atoms with Crippen LogP contribution in [0.4, 0.5) is 5.69 Å². The maximum absolute atomic E-state index is 12.9. The number of nitrogens with one attached hydrogen (secondary N) is 2. The SMILES string of the molecule is C[C@H](Oc1ccc(Cl)cc1Cl)C(=O)N[C@@H](Cc1ccccc1)C(=O)N/N=C\c1ccc([N+](=O)[O-])cc1. The number of nitro benzene ring substituents is 1. The van der Waals surface area contributed by atoms with E-state index in [4.69, 9.17) is 27.9 Å². The number of hydrazone groups is 1. The van der Waals surface area contributed by atoms with Crippen molar-refractivity contribution in [1.29, 1.82) is 0 Å². The van der Waals surface area contributed by atoms with Gasteiger partial charge in [-0.25, -0.2) is 5.43 Å². The Morgan fingerprint density at radius 3 is 2.39 bits per heavy atom. The topological polar surface area (TPSA) is 123 Å². The molecule has 3 aromatic rings. The summed E-state index contributed by atoms with van der Waals surface area (Å²) >= 11 is 12.0. The average Bonchev–Trinajstić information content (AvgIpc) is 2.86. The zero-order valence-electron chi connectivity index (χ0n) is 19.1. The Hall–Kier alpha value is -3.95. The minimum absolute atomic E-state index is 0.0574. The standard InChI is InChI=1S/C25H22Cl2N4O5/c1-16(36-23-12-9-19(26)14-21(23)27)24(32)29-22(13-17-5-3-2-4-6-17)25(33)30-28-15-18-7-10-20(11-8-18)31(34)35/h2-12,14-16,22H,13H2,1H3,(H,29,32)(H,30,33)/b28-15-/t16-,22-/m0/s1. The van der Waals surface area contributed by atoms with Gasteiger partial charge < -0.3 is 10.1 Å². The quantitative estimate of drug-likeness (QED) is 0.227. The van der Waals surface area contributed by atoms with Crippen molar-refractivity contribution >= 4 is 46.9 Å². The Labute approximate surface area is 217 Å². The van der Waals surface area contributed by atoms with E-state index in [1.165, 1.54) is 43.5 Å². The fourth-order valence-corrected chi connectivity index (χ4v) is 3.55. The molecule has 0 aliphatic carbocycles. The molecule has 2 amide bonds. The van der Waals surface area contributed by atoms with Gasteiger partial charge >= 0.3 is 0 Å². The molecule has 186 valence electrons. The molecule has 0 saturated heterocycles. The Bertz CT molecular complexity index is 1250. The molecule has 0 aliphatic rings. The van der Waals surface area contributed by atoms with Crippen LogP contribution in [0.1, 0.15) is 18.1 Å². The number of non-ortho nitro benzene ring substituents is 1. The van der Waals surface area contributed by atoms with Gasteiger partial charge in [0, 0.05) is 23.6 Å². The highest BCUT2D eigenvalue weighted by atomic mass is 35.5. The van der Waals surface area contributed by atoms with Crippen molar-refractivity contribution in [1.82, 2.24) is 10.7 Å². The number of halogens is 2. The number of amides is 2. The van der Waals surface area contributed by atoms with Crippen LogP contribution < -0.4 is 15.5 Å². The zero-order chi connectivity index (χ0) is 26.1. The minimum atomic E-state index is -0.960. The Morgan fingerprint density at radius 1 is 1.06 bits per heavy atom. The molecule has 36 heavy (non-hydrogen) atoms. The smallest absolute Gasteiger partial charge is 0.269 e. The molecule has 2 atom stereocenters. The van der Waals surface area contributed by atoms with Crippen LogP contribution in [0.5, 0.6) is 5.75 Å². The van der Waals surface area contributed by atoms with Crippen molar-refractivity contribution in [2.75, 3.05) is 0 Å². The fraction of sp³-hybridized carbons (Fsp3) is 0.160. The first-order valence-electron chi connectivity index (χ1n) is 10.8. The van der Waals surface area contributed by atoms with E-state index in [-0.39, 0.29) is 22.9 Å². The molecule has 0 heterocycles. The summed E-state index contributed by atoms with van der Waals surface area (Å²) in [4.78, 5) is 36.0. The van der Waals surface area contributed by atoms with Crippen LogP contribution in [0.15, 0.2) is 77.9 Å². The lowest BCUT2D eigenvalue weighted by Gasteiger charge is -2.21. The van der Waals surface area contributed by atoms with E-state index in [2.05, 4.69) is 15.8 Å². The van der Waals surface area contributed by atoms with E-state index in [0.29, 0.717) is 10.6 Å². The van der Waals surface area contributed by atoms with E-state index in [1.54, 1.807) is 12.1 Å². The lowest BCUT2D eigenvalue weighted by molar-refractivity contribution is -0.384. The van der Waals surface area contributed by atoms with Gasteiger partial charge in [0.25, 0.3) is 17.5 Å². The summed E-state index contributed by atoms with van der Waals surface area (Å²) < 4.78 is 5.65. The fourth-order valence-electron chi connectivity index (χ4n) is 3.09. The highest BCUT2D eigenvalue weighted by Crippen LogP contribution is 2.28. The third-order valence-electron chi connectivity index (χ3n) is 4.97. The van der Waals surface area contributed by atoms with Gasteiger partial charge in [0.15, 0.2) is 6.10 Å². The summed E-state index contributed by atoms with van der Waals surface area (Å²) in [6.45, 7) is 1.53. The molecule has 0 unspecified atom stereocenters. The molecule has 9 nitrogen and oxygen atoms in total. The predicted molar refractivity (Wildman–Crippen MR) is 137 cm³/mol. The van der Waals surface area contributed by atoms with E-state index in [1.807, 2.05) is 30.3 Å². The Morgan fingerprint density at radius 2 is 1.75 bits per heavy atom. The molecule has 11 heteroatoms. The van der Waals surface area contributed by atoms with Gasteiger partial charge in [-0.2, -0.15) is 5.10 Å². The van der Waals surface area contributed by atoms with E-state index in [9.17, 15) is 19.7 Å². The number of hydrogen-bond donors (Lipinski definition) is 2. The maximum atomic E-state index is 12.9. The van der Waals surface area contributed by atoms with Crippen LogP contribution in [-0.4, -0.2) is 35.1 Å². The maximum Gasteiger partial charge on any atom is 0.269 e. The molecule has 0 aliphatic heterocycles. The van der Waals surface area contributed by atoms with Gasteiger partial charge in [-0.1, -0.05) is 53.5 Å². The summed E-state index contributed by atoms with van der Waals surface area (Å²) in [7, 11) is 0. The summed E-state index contributed by atoms with van der Waals surface area (Å²) in [6, 6.07) is 18.5. The average molecular weight is 529 g/mol. The molecule has 0 fully saturated rings. The first-order chi connectivity index (χ1) is 17.2. The van der Waals surface area contributed by atoms with Crippen LogP contribution in [0, 0.1) is 10.1 Å². The van der Waals surface area contributed by atoms with Crippen LogP contribution in [0.25, 0.3) is 0 Å². The first kappa shape index (κ1) is 26.7. The van der Waals surface area contributed by atoms with E-state index >= 15 is 0 Å². The molecule has 3 aromatic carbocycles. The van der Waals surface area contributed by atoms with Gasteiger partial charge in [-0.05, 0) is 48.4 Å². The van der Waals surface area contributed by atoms with Crippen LogP contribution in [-0.2, 0) is 16.0 Å². The van der Waals surface area contributed by atoms with E-state index < -0.39 is 28.9 Å². The van der Waals surface area contributed by atoms with Crippen molar-refractivity contribution in [2.24, 2.45) is 5.10 Å². The second kappa shape index (κ2) is 12.7. The van der Waals surface area contributed by atoms with Gasteiger partial charge in [0.1, 0.15) is 11.8 Å². The number of nitrogens with zero attached hydrogens (tertiary/aromatic N) is 2. The van der Waals surface area contributed by atoms with Crippen molar-refractivity contribution < 1.29 is 19.2 Å². The number of carbonyl (C=O) groups is 2. The third-order valence-corrected chi connectivity index (χ3v) is 5.51. The van der Waals surface area contributed by atoms with Crippen molar-refractivity contribution in [2.45, 2.75) is 25.5 Å². The highest BCUT2D eigenvalue weighted by Gasteiger charge is 2.25. The van der Waals surface area contributed by atoms with Gasteiger partial charge in [0.05, 0.1) is 16.2 Å². The lowest BCUT2D eigenvalue weighted by atomic mass is 10.1. The monoisotopic (exact) mass is 528 g/mol. The zero-order valence-corrected chi connectivity index (χ0v) is 20.6. The molecular formula is C25H22Cl2N4O5. The molecular weight excluding hydrogens is 507 g/mol. The van der Waals surface area contributed by atoms with Crippen molar-refractivity contribution in [3.63, 3.8) is 0 Å². The van der Waals surface area contributed by atoms with E-state index in [0.717, 1.165) is 5.56 Å². The largest absolute Gasteiger partial charge is 0.479 e. The second-order valence-corrected chi connectivity index (χ2v) is 8.51. The number of benzene rings is 3. The number of hydrogen-bond acceptors (Lipinski definition) is 6. The van der Waals surface area contributed by atoms with Crippen molar-refractivity contribution in [3.8, 4) is 5.75 Å². The number of rotatable bonds is 10. The van der Waals surface area contributed by atoms with Crippen molar-refractivity contribution in [3.05, 3.63) is 104 Å². The molecule has 0 radical (unpaired) electrons. The lowest BCUT2D eigenvalue weighted by Crippen LogP contribution is -2.50.